The molecule has 2 aromatic rings. The Balaban J connectivity index is 1.66. The second-order valence-corrected chi connectivity index (χ2v) is 9.87. The highest BCUT2D eigenvalue weighted by atomic mass is 19.1. The SMILES string of the molecule is COc1cc(C2CCN(CC(=O)OC(C)(C)C)CC2)ccc1NC(=O)c1ccc(F)c(/C(N)=C/C=N)n1. The molecule has 4 N–H and O–H groups in total. The van der Waals surface area contributed by atoms with Gasteiger partial charge in [0.2, 0.25) is 0 Å². The molecule has 1 aromatic carbocycles. The third-order valence-electron chi connectivity index (χ3n) is 5.92. The number of aromatic nitrogens is 1. The van der Waals surface area contributed by atoms with Gasteiger partial charge in [0.05, 0.1) is 25.0 Å². The molecular weight excluding hydrogens is 477 g/mol. The zero-order chi connectivity index (χ0) is 27.2. The molecule has 0 spiro atoms. The number of nitrogens with one attached hydrogen (secondary N) is 2. The number of rotatable bonds is 8. The molecule has 1 aliphatic heterocycles. The third-order valence-corrected chi connectivity index (χ3v) is 5.92. The van der Waals surface area contributed by atoms with Crippen LogP contribution < -0.4 is 15.8 Å². The third kappa shape index (κ3) is 7.60. The molecule has 37 heavy (non-hydrogen) atoms. The first kappa shape index (κ1) is 27.8. The van der Waals surface area contributed by atoms with Crippen LogP contribution in [-0.4, -0.2) is 60.3 Å². The van der Waals surface area contributed by atoms with Crippen molar-refractivity contribution in [2.24, 2.45) is 5.73 Å². The number of benzene rings is 1. The standard InChI is InChI=1S/C27H34FN5O4/c1-27(2,3)37-24(34)16-33-13-10-17(11-14-33)18-5-7-21(23(15-18)36-4)32-26(35)22-8-6-19(28)25(31-22)20(30)9-12-29/h5-9,12,15,17,29H,10-11,13-14,16,30H2,1-4H3,(H,32,35)/b20-9-,29-12?. The molecular formula is C27H34FN5O4. The molecule has 9 nitrogen and oxygen atoms in total. The van der Waals surface area contributed by atoms with Crippen molar-refractivity contribution in [2.75, 3.05) is 32.1 Å². The second kappa shape index (κ2) is 12.0. The van der Waals surface area contributed by atoms with Gasteiger partial charge in [-0.2, -0.15) is 0 Å². The Kier molecular flexibility index (Phi) is 8.99. The van der Waals surface area contributed by atoms with Crippen LogP contribution in [0.15, 0.2) is 36.4 Å². The van der Waals surface area contributed by atoms with Crippen LogP contribution in [0.2, 0.25) is 0 Å². The summed E-state index contributed by atoms with van der Waals surface area (Å²) in [7, 11) is 1.52. The minimum atomic E-state index is -0.689. The summed E-state index contributed by atoms with van der Waals surface area (Å²) in [5, 5.41) is 9.85. The van der Waals surface area contributed by atoms with Crippen LogP contribution in [0.1, 0.15) is 61.3 Å². The number of carbonyl (C=O) groups is 2. The molecule has 198 valence electrons. The van der Waals surface area contributed by atoms with E-state index in [1.807, 2.05) is 32.9 Å². The molecule has 0 radical (unpaired) electrons. The summed E-state index contributed by atoms with van der Waals surface area (Å²) in [6, 6.07) is 7.99. The van der Waals surface area contributed by atoms with Crippen LogP contribution in [0.4, 0.5) is 10.1 Å². The van der Waals surface area contributed by atoms with Gasteiger partial charge in [-0.25, -0.2) is 9.37 Å². The first-order valence-corrected chi connectivity index (χ1v) is 12.1. The molecule has 10 heteroatoms. The number of nitrogens with zero attached hydrogens (tertiary/aromatic N) is 2. The van der Waals surface area contributed by atoms with E-state index in [-0.39, 0.29) is 29.6 Å². The van der Waals surface area contributed by atoms with Gasteiger partial charge in [0.25, 0.3) is 5.91 Å². The number of pyridine rings is 1. The normalized spacial score (nSPS) is 15.2. The van der Waals surface area contributed by atoms with Gasteiger partial charge < -0.3 is 25.9 Å². The lowest BCUT2D eigenvalue weighted by Crippen LogP contribution is -2.39. The average Bonchev–Trinajstić information content (AvgIpc) is 2.84. The van der Waals surface area contributed by atoms with E-state index in [9.17, 15) is 14.0 Å². The summed E-state index contributed by atoms with van der Waals surface area (Å²) in [5.74, 6) is -0.674. The van der Waals surface area contributed by atoms with E-state index in [1.165, 1.54) is 19.3 Å². The number of piperidine rings is 1. The van der Waals surface area contributed by atoms with Crippen molar-refractivity contribution in [3.63, 3.8) is 0 Å². The van der Waals surface area contributed by atoms with Crippen molar-refractivity contribution in [3.8, 4) is 5.75 Å². The summed E-state index contributed by atoms with van der Waals surface area (Å²) in [4.78, 5) is 31.1. The maximum atomic E-state index is 14.1. The number of ether oxygens (including phenoxy) is 2. The van der Waals surface area contributed by atoms with Gasteiger partial charge in [-0.05, 0) is 88.5 Å². The van der Waals surface area contributed by atoms with Crippen molar-refractivity contribution in [1.29, 1.82) is 5.41 Å². The van der Waals surface area contributed by atoms with Crippen LogP contribution in [0.5, 0.6) is 5.75 Å². The van der Waals surface area contributed by atoms with E-state index in [0.29, 0.717) is 17.4 Å². The molecule has 1 aromatic heterocycles. The predicted molar refractivity (Wildman–Crippen MR) is 140 cm³/mol. The first-order valence-electron chi connectivity index (χ1n) is 12.1. The van der Waals surface area contributed by atoms with Crippen LogP contribution in [0.25, 0.3) is 5.70 Å². The molecule has 0 atom stereocenters. The molecule has 0 bridgehead atoms. The molecule has 0 aliphatic carbocycles. The van der Waals surface area contributed by atoms with Crippen molar-refractivity contribution in [2.45, 2.75) is 45.1 Å². The molecule has 1 amide bonds. The van der Waals surface area contributed by atoms with E-state index < -0.39 is 17.3 Å². The number of carbonyl (C=O) groups excluding carboxylic acids is 2. The number of halogens is 1. The van der Waals surface area contributed by atoms with Gasteiger partial charge in [0.15, 0.2) is 5.82 Å². The first-order chi connectivity index (χ1) is 17.5. The van der Waals surface area contributed by atoms with E-state index in [2.05, 4.69) is 15.2 Å². The maximum Gasteiger partial charge on any atom is 0.320 e. The van der Waals surface area contributed by atoms with Crippen LogP contribution in [-0.2, 0) is 9.53 Å². The van der Waals surface area contributed by atoms with Gasteiger partial charge in [-0.1, -0.05) is 6.07 Å². The fourth-order valence-electron chi connectivity index (χ4n) is 4.17. The fraction of sp³-hybridized carbons (Fsp3) is 0.407. The Labute approximate surface area is 216 Å². The molecule has 1 aliphatic rings. The Morgan fingerprint density at radius 1 is 1.24 bits per heavy atom. The largest absolute Gasteiger partial charge is 0.495 e. The molecule has 0 unspecified atom stereocenters. The van der Waals surface area contributed by atoms with Crippen LogP contribution in [0.3, 0.4) is 0 Å². The summed E-state index contributed by atoms with van der Waals surface area (Å²) in [6.07, 6.45) is 3.87. The van der Waals surface area contributed by atoms with E-state index in [4.69, 9.17) is 20.6 Å². The Morgan fingerprint density at radius 3 is 2.57 bits per heavy atom. The Bertz CT molecular complexity index is 1180. The van der Waals surface area contributed by atoms with Crippen molar-refractivity contribution < 1.29 is 23.5 Å². The van der Waals surface area contributed by atoms with Crippen molar-refractivity contribution >= 4 is 29.5 Å². The number of hydrogen-bond acceptors (Lipinski definition) is 8. The Morgan fingerprint density at radius 2 is 1.95 bits per heavy atom. The van der Waals surface area contributed by atoms with Gasteiger partial charge in [-0.3, -0.25) is 14.5 Å². The number of likely N-dealkylation sites (tertiary alicyclic amines) is 1. The highest BCUT2D eigenvalue weighted by molar-refractivity contribution is 6.04. The van der Waals surface area contributed by atoms with Crippen LogP contribution in [0, 0.1) is 11.2 Å². The molecule has 3 rings (SSSR count). The second-order valence-electron chi connectivity index (χ2n) is 9.87. The minimum absolute atomic E-state index is 0.0266. The number of methoxy groups -OCH3 is 1. The van der Waals surface area contributed by atoms with Gasteiger partial charge in [0.1, 0.15) is 22.7 Å². The maximum absolute atomic E-state index is 14.1. The minimum Gasteiger partial charge on any atom is -0.495 e. The molecule has 1 saturated heterocycles. The smallest absolute Gasteiger partial charge is 0.320 e. The van der Waals surface area contributed by atoms with Crippen molar-refractivity contribution in [3.05, 3.63) is 59.2 Å². The lowest BCUT2D eigenvalue weighted by molar-refractivity contribution is -0.156. The Hall–Kier alpha value is -3.79. The molecule has 0 saturated carbocycles. The van der Waals surface area contributed by atoms with E-state index >= 15 is 0 Å². The summed E-state index contributed by atoms with van der Waals surface area (Å²) < 4.78 is 25.0. The summed E-state index contributed by atoms with van der Waals surface area (Å²) in [6.45, 7) is 7.41. The predicted octanol–water partition coefficient (Wildman–Crippen LogP) is 3.95. The zero-order valence-corrected chi connectivity index (χ0v) is 21.6. The zero-order valence-electron chi connectivity index (χ0n) is 21.6. The lowest BCUT2D eigenvalue weighted by atomic mass is 9.89. The van der Waals surface area contributed by atoms with Crippen LogP contribution >= 0.6 is 0 Å². The summed E-state index contributed by atoms with van der Waals surface area (Å²) in [5.41, 5.74) is 6.51. The number of amides is 1. The summed E-state index contributed by atoms with van der Waals surface area (Å²) >= 11 is 0. The topological polar surface area (TPSA) is 131 Å². The number of esters is 1. The van der Waals surface area contributed by atoms with E-state index in [0.717, 1.165) is 43.8 Å². The number of nitrogens with two attached hydrogens (primary N) is 1. The highest BCUT2D eigenvalue weighted by Gasteiger charge is 2.25. The quantitative estimate of drug-likeness (QED) is 0.361. The van der Waals surface area contributed by atoms with E-state index in [1.54, 1.807) is 6.07 Å². The number of hydrogen-bond donors (Lipinski definition) is 3. The van der Waals surface area contributed by atoms with Gasteiger partial charge in [0, 0.05) is 6.21 Å². The molecule has 1 fully saturated rings. The number of allylic oxidation sites excluding steroid dienone is 1. The fourth-order valence-corrected chi connectivity index (χ4v) is 4.17. The van der Waals surface area contributed by atoms with Crippen molar-refractivity contribution in [1.82, 2.24) is 9.88 Å². The monoisotopic (exact) mass is 511 g/mol. The lowest BCUT2D eigenvalue weighted by Gasteiger charge is -2.32. The number of anilines is 1. The molecule has 2 heterocycles. The average molecular weight is 512 g/mol. The van der Waals surface area contributed by atoms with Gasteiger partial charge in [-0.15, -0.1) is 0 Å². The highest BCUT2D eigenvalue weighted by Crippen LogP contribution is 2.34. The van der Waals surface area contributed by atoms with Gasteiger partial charge >= 0.3 is 5.97 Å².